The van der Waals surface area contributed by atoms with Crippen LogP contribution in [0.3, 0.4) is 0 Å². The van der Waals surface area contributed by atoms with Crippen molar-refractivity contribution in [3.05, 3.63) is 28.5 Å². The zero-order chi connectivity index (χ0) is 11.1. The molecule has 0 amide bonds. The van der Waals surface area contributed by atoms with Crippen LogP contribution in [0.4, 0.5) is 0 Å². The van der Waals surface area contributed by atoms with Gasteiger partial charge in [-0.3, -0.25) is 9.38 Å². The number of nitrogens with zero attached hydrogens (tertiary/aromatic N) is 3. The van der Waals surface area contributed by atoms with Crippen LogP contribution in [0.5, 0.6) is 0 Å². The maximum absolute atomic E-state index is 4.63. The van der Waals surface area contributed by atoms with Crippen LogP contribution >= 0.6 is 28.3 Å². The predicted octanol–water partition coefficient (Wildman–Crippen LogP) is 2.30. The lowest BCUT2D eigenvalue weighted by Gasteiger charge is -2.07. The molecule has 92 valence electrons. The molecule has 1 fully saturated rings. The van der Waals surface area contributed by atoms with E-state index in [2.05, 4.69) is 35.6 Å². The average Bonchev–Trinajstić information content (AvgIpc) is 2.86. The monoisotopic (exact) mass is 316 g/mol. The smallest absolute Gasteiger partial charge is 0.134 e. The van der Waals surface area contributed by atoms with E-state index in [1.165, 1.54) is 0 Å². The van der Waals surface area contributed by atoms with Crippen molar-refractivity contribution in [3.63, 3.8) is 0 Å². The Kier molecular flexibility index (Phi) is 3.70. The molecule has 0 saturated carbocycles. The third-order valence-electron chi connectivity index (χ3n) is 3.15. The van der Waals surface area contributed by atoms with Crippen LogP contribution in [0.25, 0.3) is 5.52 Å². The Morgan fingerprint density at radius 3 is 3.06 bits per heavy atom. The van der Waals surface area contributed by atoms with E-state index in [-0.39, 0.29) is 12.4 Å². The van der Waals surface area contributed by atoms with Crippen molar-refractivity contribution in [1.82, 2.24) is 19.7 Å². The highest BCUT2D eigenvalue weighted by Gasteiger charge is 2.23. The van der Waals surface area contributed by atoms with Crippen molar-refractivity contribution in [2.45, 2.75) is 19.3 Å². The summed E-state index contributed by atoms with van der Waals surface area (Å²) < 4.78 is 3.06. The highest BCUT2D eigenvalue weighted by atomic mass is 79.9. The van der Waals surface area contributed by atoms with Gasteiger partial charge < -0.3 is 5.32 Å². The molecule has 2 aromatic rings. The maximum atomic E-state index is 4.63. The van der Waals surface area contributed by atoms with Gasteiger partial charge in [0, 0.05) is 24.9 Å². The van der Waals surface area contributed by atoms with Crippen LogP contribution in [0.1, 0.15) is 23.9 Å². The highest BCUT2D eigenvalue weighted by Crippen LogP contribution is 2.27. The number of imidazole rings is 1. The second-order valence-corrected chi connectivity index (χ2v) is 4.93. The number of aromatic nitrogens is 3. The van der Waals surface area contributed by atoms with Gasteiger partial charge in [0.1, 0.15) is 15.9 Å². The Hall–Kier alpha value is -0.650. The van der Waals surface area contributed by atoms with Gasteiger partial charge in [-0.1, -0.05) is 0 Å². The summed E-state index contributed by atoms with van der Waals surface area (Å²) in [6, 6.07) is 0. The minimum Gasteiger partial charge on any atom is -0.316 e. The van der Waals surface area contributed by atoms with Gasteiger partial charge in [-0.2, -0.15) is 0 Å². The van der Waals surface area contributed by atoms with Crippen LogP contribution in [0, 0.1) is 6.92 Å². The standard InChI is InChI=1S/C11H13BrN4.ClH/c1-7-9-10(12)15-11(8-2-3-13-6-8)16(9)5-4-14-7;/h4-5,8,13H,2-3,6H2,1H3;1H/t8-;/m0./s1. The normalized spacial score (nSPS) is 19.5. The fourth-order valence-electron chi connectivity index (χ4n) is 2.33. The lowest BCUT2D eigenvalue weighted by molar-refractivity contribution is 0.696. The van der Waals surface area contributed by atoms with Gasteiger partial charge in [-0.25, -0.2) is 4.98 Å². The zero-order valence-electron chi connectivity index (χ0n) is 9.48. The molecule has 0 bridgehead atoms. The van der Waals surface area contributed by atoms with Gasteiger partial charge in [0.15, 0.2) is 0 Å². The van der Waals surface area contributed by atoms with E-state index in [0.717, 1.165) is 41.1 Å². The molecule has 1 aliphatic heterocycles. The van der Waals surface area contributed by atoms with Gasteiger partial charge in [-0.15, -0.1) is 12.4 Å². The molecule has 1 aliphatic rings. The Labute approximate surface area is 114 Å². The minimum atomic E-state index is 0. The first-order valence-corrected chi connectivity index (χ1v) is 6.26. The number of halogens is 2. The number of hydrogen-bond donors (Lipinski definition) is 1. The summed E-state index contributed by atoms with van der Waals surface area (Å²) in [6.07, 6.45) is 4.99. The van der Waals surface area contributed by atoms with E-state index in [0.29, 0.717) is 5.92 Å². The summed E-state index contributed by atoms with van der Waals surface area (Å²) in [6.45, 7) is 4.12. The third kappa shape index (κ3) is 2.07. The maximum Gasteiger partial charge on any atom is 0.134 e. The van der Waals surface area contributed by atoms with Gasteiger partial charge in [0.2, 0.25) is 0 Å². The second kappa shape index (κ2) is 4.92. The highest BCUT2D eigenvalue weighted by molar-refractivity contribution is 9.10. The average molecular weight is 318 g/mol. The van der Waals surface area contributed by atoms with Crippen LogP contribution in [-0.4, -0.2) is 27.5 Å². The minimum absolute atomic E-state index is 0. The van der Waals surface area contributed by atoms with Gasteiger partial charge >= 0.3 is 0 Å². The first-order chi connectivity index (χ1) is 7.77. The molecule has 0 aromatic carbocycles. The molecule has 17 heavy (non-hydrogen) atoms. The first kappa shape index (κ1) is 12.8. The number of nitrogens with one attached hydrogen (secondary N) is 1. The third-order valence-corrected chi connectivity index (χ3v) is 3.70. The Balaban J connectivity index is 0.00000108. The molecule has 2 aromatic heterocycles. The van der Waals surface area contributed by atoms with E-state index < -0.39 is 0 Å². The molecular weight excluding hydrogens is 304 g/mol. The van der Waals surface area contributed by atoms with Gasteiger partial charge in [0.25, 0.3) is 0 Å². The lowest BCUT2D eigenvalue weighted by atomic mass is 10.1. The van der Waals surface area contributed by atoms with Crippen LogP contribution in [0.15, 0.2) is 17.0 Å². The molecule has 0 aliphatic carbocycles. The molecule has 6 heteroatoms. The molecule has 0 spiro atoms. The van der Waals surface area contributed by atoms with Crippen LogP contribution < -0.4 is 5.32 Å². The molecule has 0 radical (unpaired) electrons. The molecule has 4 nitrogen and oxygen atoms in total. The predicted molar refractivity (Wildman–Crippen MR) is 72.9 cm³/mol. The second-order valence-electron chi connectivity index (χ2n) is 4.18. The summed E-state index contributed by atoms with van der Waals surface area (Å²) in [5.41, 5.74) is 2.10. The van der Waals surface area contributed by atoms with Crippen LogP contribution in [-0.2, 0) is 0 Å². The topological polar surface area (TPSA) is 42.2 Å². The summed E-state index contributed by atoms with van der Waals surface area (Å²) in [5, 5.41) is 3.38. The van der Waals surface area contributed by atoms with E-state index >= 15 is 0 Å². The van der Waals surface area contributed by atoms with E-state index in [1.54, 1.807) is 0 Å². The van der Waals surface area contributed by atoms with Crippen molar-refractivity contribution < 1.29 is 0 Å². The van der Waals surface area contributed by atoms with Crippen molar-refractivity contribution >= 4 is 33.9 Å². The largest absolute Gasteiger partial charge is 0.316 e. The molecular formula is C11H14BrClN4. The summed E-state index contributed by atoms with van der Waals surface area (Å²) in [4.78, 5) is 8.93. The fraction of sp³-hybridized carbons (Fsp3) is 0.455. The van der Waals surface area contributed by atoms with Crippen molar-refractivity contribution in [3.8, 4) is 0 Å². The zero-order valence-corrected chi connectivity index (χ0v) is 11.9. The number of fused-ring (bicyclic) bond motifs is 1. The number of rotatable bonds is 1. The van der Waals surface area contributed by atoms with Crippen LogP contribution in [0.2, 0.25) is 0 Å². The molecule has 3 rings (SSSR count). The van der Waals surface area contributed by atoms with Crippen molar-refractivity contribution in [1.29, 1.82) is 0 Å². The summed E-state index contributed by atoms with van der Waals surface area (Å²) in [7, 11) is 0. The first-order valence-electron chi connectivity index (χ1n) is 5.47. The number of aryl methyl sites for hydroxylation is 1. The van der Waals surface area contributed by atoms with E-state index in [4.69, 9.17) is 0 Å². The summed E-state index contributed by atoms with van der Waals surface area (Å²) in [5.74, 6) is 1.65. The summed E-state index contributed by atoms with van der Waals surface area (Å²) >= 11 is 3.52. The molecule has 1 N–H and O–H groups in total. The fourth-order valence-corrected chi connectivity index (χ4v) is 2.99. The lowest BCUT2D eigenvalue weighted by Crippen LogP contribution is -2.10. The Morgan fingerprint density at radius 1 is 1.53 bits per heavy atom. The molecule has 3 heterocycles. The SMILES string of the molecule is Cc1nccn2c([C@H]3CCNC3)nc(Br)c12.Cl. The number of hydrogen-bond acceptors (Lipinski definition) is 3. The molecule has 1 atom stereocenters. The Morgan fingerprint density at radius 2 is 2.35 bits per heavy atom. The molecule has 1 saturated heterocycles. The van der Waals surface area contributed by atoms with E-state index in [9.17, 15) is 0 Å². The quantitative estimate of drug-likeness (QED) is 0.877. The Bertz CT molecular complexity index is 533. The van der Waals surface area contributed by atoms with Gasteiger partial charge in [0.05, 0.1) is 5.69 Å². The van der Waals surface area contributed by atoms with Crippen molar-refractivity contribution in [2.24, 2.45) is 0 Å². The molecule has 0 unspecified atom stereocenters. The van der Waals surface area contributed by atoms with Crippen molar-refractivity contribution in [2.75, 3.05) is 13.1 Å². The van der Waals surface area contributed by atoms with E-state index in [1.807, 2.05) is 19.3 Å². The van der Waals surface area contributed by atoms with Gasteiger partial charge in [-0.05, 0) is 35.8 Å².